The molecule has 0 saturated carbocycles. The monoisotopic (exact) mass is 634 g/mol. The number of benzene rings is 3. The summed E-state index contributed by atoms with van der Waals surface area (Å²) < 4.78 is 18.3. The highest BCUT2D eigenvalue weighted by molar-refractivity contribution is 6.01. The van der Waals surface area contributed by atoms with Gasteiger partial charge in [-0.2, -0.15) is 0 Å². The molecule has 3 aromatic carbocycles. The zero-order valence-corrected chi connectivity index (χ0v) is 24.5. The van der Waals surface area contributed by atoms with Gasteiger partial charge in [0.2, 0.25) is 11.8 Å². The topological polar surface area (TPSA) is 204 Å². The third-order valence-corrected chi connectivity index (χ3v) is 7.16. The first-order valence-corrected chi connectivity index (χ1v) is 14.1. The molecule has 0 aliphatic rings. The maximum Gasteiger partial charge on any atom is 0.328 e. The van der Waals surface area contributed by atoms with Gasteiger partial charge in [-0.1, -0.05) is 42.5 Å². The van der Waals surface area contributed by atoms with Crippen LogP contribution in [0.15, 0.2) is 66.7 Å². The van der Waals surface area contributed by atoms with Crippen LogP contribution in [0.4, 0.5) is 4.39 Å². The summed E-state index contributed by atoms with van der Waals surface area (Å²) >= 11 is 0. The van der Waals surface area contributed by atoms with Crippen LogP contribution in [-0.4, -0.2) is 76.1 Å². The summed E-state index contributed by atoms with van der Waals surface area (Å²) in [4.78, 5) is 77.8. The van der Waals surface area contributed by atoms with Gasteiger partial charge in [0.1, 0.15) is 29.6 Å². The van der Waals surface area contributed by atoms with E-state index in [0.29, 0.717) is 16.5 Å². The Morgan fingerprint density at radius 2 is 1.48 bits per heavy atom. The van der Waals surface area contributed by atoms with Gasteiger partial charge in [-0.3, -0.25) is 24.0 Å². The van der Waals surface area contributed by atoms with Crippen molar-refractivity contribution in [1.29, 1.82) is 0 Å². The fourth-order valence-electron chi connectivity index (χ4n) is 4.86. The SMILES string of the molecule is COC(=O)[C@H](CCC(=O)O)NC(=O)[C@H](CC(=O)O)NC(=O)[C@H](Cc1ccc2ccccc2c1)NC(=O)c1cc2cc(F)ccc2[nH]1. The van der Waals surface area contributed by atoms with E-state index in [1.165, 1.54) is 24.3 Å². The first-order chi connectivity index (χ1) is 21.9. The number of carbonyl (C=O) groups excluding carboxylic acids is 4. The molecule has 14 heteroatoms. The number of ether oxygens (including phenoxy) is 1. The number of H-pyrrole nitrogens is 1. The van der Waals surface area contributed by atoms with Crippen molar-refractivity contribution in [2.75, 3.05) is 7.11 Å². The van der Waals surface area contributed by atoms with Crippen LogP contribution >= 0.6 is 0 Å². The van der Waals surface area contributed by atoms with Gasteiger partial charge >= 0.3 is 17.9 Å². The van der Waals surface area contributed by atoms with Crippen molar-refractivity contribution >= 4 is 57.3 Å². The Balaban J connectivity index is 1.60. The molecule has 3 amide bonds. The molecule has 0 spiro atoms. The molecular weight excluding hydrogens is 603 g/mol. The molecule has 4 aromatic rings. The van der Waals surface area contributed by atoms with Crippen molar-refractivity contribution in [3.05, 3.63) is 83.8 Å². The van der Waals surface area contributed by atoms with E-state index >= 15 is 0 Å². The fourth-order valence-corrected chi connectivity index (χ4v) is 4.86. The molecule has 1 heterocycles. The van der Waals surface area contributed by atoms with E-state index < -0.39 is 72.4 Å². The minimum Gasteiger partial charge on any atom is -0.481 e. The van der Waals surface area contributed by atoms with Crippen LogP contribution in [0.5, 0.6) is 0 Å². The van der Waals surface area contributed by atoms with Crippen molar-refractivity contribution in [3.63, 3.8) is 0 Å². The average molecular weight is 635 g/mol. The average Bonchev–Trinajstić information content (AvgIpc) is 3.45. The molecule has 0 radical (unpaired) electrons. The van der Waals surface area contributed by atoms with Crippen molar-refractivity contribution in [1.82, 2.24) is 20.9 Å². The molecule has 0 aliphatic carbocycles. The molecule has 4 rings (SSSR count). The summed E-state index contributed by atoms with van der Waals surface area (Å²) in [6, 6.07) is 13.7. The second-order valence-corrected chi connectivity index (χ2v) is 10.5. The number of rotatable bonds is 14. The number of carboxylic acid groups (broad SMARTS) is 2. The third-order valence-electron chi connectivity index (χ3n) is 7.16. The Kier molecular flexibility index (Phi) is 10.6. The minimum absolute atomic E-state index is 0.0242. The minimum atomic E-state index is -1.71. The predicted molar refractivity (Wildman–Crippen MR) is 162 cm³/mol. The molecule has 0 unspecified atom stereocenters. The van der Waals surface area contributed by atoms with Crippen molar-refractivity contribution < 1.29 is 48.1 Å². The van der Waals surface area contributed by atoms with Crippen LogP contribution in [0, 0.1) is 5.82 Å². The fraction of sp³-hybridized carbons (Fsp3) is 0.250. The molecule has 0 fully saturated rings. The standard InChI is InChI=1S/C32H31FN4O9/c1-46-32(45)23(10-11-27(38)39)35-31(44)26(16-28(40)41)37-29(42)24(13-17-6-7-18-4-2-3-5-19(18)12-17)36-30(43)25-15-20-14-21(33)8-9-22(20)34-25/h2-9,12,14-15,23-24,26,34H,10-11,13,16H2,1H3,(H,35,44)(H,36,43)(H,37,42)(H,38,39)(H,40,41)/t23-,24-,26-/m0/s1. The summed E-state index contributed by atoms with van der Waals surface area (Å²) in [6.07, 6.45) is -1.82. The van der Waals surface area contributed by atoms with E-state index in [4.69, 9.17) is 5.11 Å². The maximum absolute atomic E-state index is 13.7. The van der Waals surface area contributed by atoms with E-state index in [2.05, 4.69) is 25.7 Å². The summed E-state index contributed by atoms with van der Waals surface area (Å²) in [5, 5.41) is 27.9. The number of aliphatic carboxylic acids is 2. The van der Waals surface area contributed by atoms with E-state index in [0.717, 1.165) is 17.9 Å². The van der Waals surface area contributed by atoms with Gasteiger partial charge in [0.05, 0.1) is 13.5 Å². The van der Waals surface area contributed by atoms with E-state index in [1.807, 2.05) is 36.4 Å². The number of methoxy groups -OCH3 is 1. The lowest BCUT2D eigenvalue weighted by molar-refractivity contribution is -0.146. The number of fused-ring (bicyclic) bond motifs is 2. The second kappa shape index (κ2) is 14.8. The number of carboxylic acids is 2. The Morgan fingerprint density at radius 1 is 0.783 bits per heavy atom. The van der Waals surface area contributed by atoms with Crippen LogP contribution in [0.2, 0.25) is 0 Å². The van der Waals surface area contributed by atoms with Gasteiger partial charge in [-0.15, -0.1) is 0 Å². The zero-order valence-electron chi connectivity index (χ0n) is 24.5. The Hall–Kier alpha value is -5.79. The number of halogens is 1. The normalized spacial score (nSPS) is 12.9. The van der Waals surface area contributed by atoms with Crippen LogP contribution in [0.25, 0.3) is 21.7 Å². The molecule has 6 N–H and O–H groups in total. The van der Waals surface area contributed by atoms with Gasteiger partial charge in [0, 0.05) is 23.7 Å². The van der Waals surface area contributed by atoms with E-state index in [1.54, 1.807) is 6.07 Å². The van der Waals surface area contributed by atoms with Gasteiger partial charge in [-0.25, -0.2) is 9.18 Å². The molecule has 0 bridgehead atoms. The van der Waals surface area contributed by atoms with Crippen molar-refractivity contribution in [2.24, 2.45) is 0 Å². The lowest BCUT2D eigenvalue weighted by Gasteiger charge is -2.24. The number of amides is 3. The van der Waals surface area contributed by atoms with Gasteiger partial charge in [0.25, 0.3) is 5.91 Å². The second-order valence-electron chi connectivity index (χ2n) is 10.5. The lowest BCUT2D eigenvalue weighted by atomic mass is 10.0. The molecule has 46 heavy (non-hydrogen) atoms. The predicted octanol–water partition coefficient (Wildman–Crippen LogP) is 2.28. The summed E-state index contributed by atoms with van der Waals surface area (Å²) in [7, 11) is 1.03. The molecular formula is C32H31FN4O9. The quantitative estimate of drug-likeness (QED) is 0.112. The van der Waals surface area contributed by atoms with Crippen molar-refractivity contribution in [3.8, 4) is 0 Å². The number of aromatic nitrogens is 1. The Morgan fingerprint density at radius 3 is 2.17 bits per heavy atom. The molecule has 0 aliphatic heterocycles. The van der Waals surface area contributed by atoms with Crippen LogP contribution in [-0.2, 0) is 35.1 Å². The van der Waals surface area contributed by atoms with Crippen LogP contribution < -0.4 is 16.0 Å². The first-order valence-electron chi connectivity index (χ1n) is 14.1. The highest BCUT2D eigenvalue weighted by atomic mass is 19.1. The number of esters is 1. The number of aromatic amines is 1. The summed E-state index contributed by atoms with van der Waals surface area (Å²) in [6.45, 7) is 0. The van der Waals surface area contributed by atoms with E-state index in [-0.39, 0.29) is 18.5 Å². The lowest BCUT2D eigenvalue weighted by Crippen LogP contribution is -2.56. The molecule has 13 nitrogen and oxygen atoms in total. The molecule has 1 aromatic heterocycles. The van der Waals surface area contributed by atoms with E-state index in [9.17, 15) is 38.3 Å². The Labute approximate surface area is 261 Å². The molecule has 240 valence electrons. The van der Waals surface area contributed by atoms with Gasteiger partial charge < -0.3 is 35.9 Å². The number of hydrogen-bond acceptors (Lipinski definition) is 7. The first kappa shape index (κ1) is 33.1. The van der Waals surface area contributed by atoms with Crippen LogP contribution in [0.1, 0.15) is 35.3 Å². The zero-order chi connectivity index (χ0) is 33.4. The smallest absolute Gasteiger partial charge is 0.328 e. The molecule has 3 atom stereocenters. The molecule has 0 saturated heterocycles. The third kappa shape index (κ3) is 8.65. The number of hydrogen-bond donors (Lipinski definition) is 6. The highest BCUT2D eigenvalue weighted by Crippen LogP contribution is 2.19. The summed E-state index contributed by atoms with van der Waals surface area (Å²) in [5.41, 5.74) is 1.14. The Bertz CT molecular complexity index is 1800. The highest BCUT2D eigenvalue weighted by Gasteiger charge is 2.32. The maximum atomic E-state index is 13.7. The van der Waals surface area contributed by atoms with Gasteiger partial charge in [-0.05, 0) is 47.0 Å². The van der Waals surface area contributed by atoms with Crippen molar-refractivity contribution in [2.45, 2.75) is 43.8 Å². The largest absolute Gasteiger partial charge is 0.481 e. The number of carbonyl (C=O) groups is 6. The van der Waals surface area contributed by atoms with Gasteiger partial charge in [0.15, 0.2) is 0 Å². The van der Waals surface area contributed by atoms with Crippen LogP contribution in [0.3, 0.4) is 0 Å². The number of nitrogens with one attached hydrogen (secondary N) is 4. The summed E-state index contributed by atoms with van der Waals surface area (Å²) in [5.74, 6) is -6.89.